The van der Waals surface area contributed by atoms with Gasteiger partial charge in [0.2, 0.25) is 5.95 Å². The van der Waals surface area contributed by atoms with E-state index in [1.54, 1.807) is 26.6 Å². The first-order chi connectivity index (χ1) is 9.22. The molecule has 0 aliphatic carbocycles. The molecule has 1 heterocycles. The molecule has 100 valence electrons. The van der Waals surface area contributed by atoms with Crippen molar-refractivity contribution >= 4 is 5.95 Å². The van der Waals surface area contributed by atoms with Crippen LogP contribution in [0.4, 0.5) is 5.95 Å². The number of methoxy groups -OCH3 is 2. The number of ether oxygens (including phenoxy) is 2. The zero-order valence-corrected chi connectivity index (χ0v) is 11.3. The van der Waals surface area contributed by atoms with Gasteiger partial charge in [-0.1, -0.05) is 6.07 Å². The minimum absolute atomic E-state index is 0.611. The van der Waals surface area contributed by atoms with Gasteiger partial charge in [0.15, 0.2) is 11.5 Å². The molecule has 0 saturated heterocycles. The highest BCUT2D eigenvalue weighted by Crippen LogP contribution is 2.27. The molecule has 5 nitrogen and oxygen atoms in total. The molecule has 1 aromatic carbocycles. The average Bonchev–Trinajstić information content (AvgIpc) is 2.46. The maximum absolute atomic E-state index is 5.26. The van der Waals surface area contributed by atoms with Gasteiger partial charge in [-0.2, -0.15) is 0 Å². The van der Waals surface area contributed by atoms with Crippen molar-refractivity contribution in [3.05, 3.63) is 41.7 Å². The Morgan fingerprint density at radius 2 is 1.74 bits per heavy atom. The lowest BCUT2D eigenvalue weighted by molar-refractivity contribution is 0.354. The van der Waals surface area contributed by atoms with Crippen molar-refractivity contribution in [2.24, 2.45) is 0 Å². The van der Waals surface area contributed by atoms with E-state index in [2.05, 4.69) is 15.3 Å². The van der Waals surface area contributed by atoms with Gasteiger partial charge in [0.25, 0.3) is 0 Å². The van der Waals surface area contributed by atoms with Crippen molar-refractivity contribution < 1.29 is 9.47 Å². The third-order valence-electron chi connectivity index (χ3n) is 2.68. The minimum atomic E-state index is 0.611. The largest absolute Gasteiger partial charge is 0.493 e. The number of rotatable bonds is 5. The van der Waals surface area contributed by atoms with E-state index in [1.807, 2.05) is 25.1 Å². The van der Waals surface area contributed by atoms with Crippen molar-refractivity contribution in [2.45, 2.75) is 13.5 Å². The summed E-state index contributed by atoms with van der Waals surface area (Å²) in [6.45, 7) is 2.58. The van der Waals surface area contributed by atoms with Crippen LogP contribution >= 0.6 is 0 Å². The molecular weight excluding hydrogens is 242 g/mol. The van der Waals surface area contributed by atoms with E-state index < -0.39 is 0 Å². The van der Waals surface area contributed by atoms with Crippen LogP contribution < -0.4 is 14.8 Å². The van der Waals surface area contributed by atoms with Crippen LogP contribution in [-0.2, 0) is 6.54 Å². The number of hydrogen-bond acceptors (Lipinski definition) is 5. The van der Waals surface area contributed by atoms with Crippen LogP contribution in [0.15, 0.2) is 30.6 Å². The third-order valence-corrected chi connectivity index (χ3v) is 2.68. The van der Waals surface area contributed by atoms with Gasteiger partial charge < -0.3 is 14.8 Å². The number of benzene rings is 1. The van der Waals surface area contributed by atoms with E-state index in [-0.39, 0.29) is 0 Å². The van der Waals surface area contributed by atoms with Crippen molar-refractivity contribution in [2.75, 3.05) is 19.5 Å². The summed E-state index contributed by atoms with van der Waals surface area (Å²) in [5, 5.41) is 3.16. The number of anilines is 1. The van der Waals surface area contributed by atoms with Crippen LogP contribution in [0.1, 0.15) is 11.1 Å². The highest BCUT2D eigenvalue weighted by atomic mass is 16.5. The smallest absolute Gasteiger partial charge is 0.222 e. The molecule has 0 saturated carbocycles. The molecule has 2 rings (SSSR count). The summed E-state index contributed by atoms with van der Waals surface area (Å²) in [5.41, 5.74) is 2.11. The fourth-order valence-corrected chi connectivity index (χ4v) is 1.66. The Morgan fingerprint density at radius 3 is 2.37 bits per heavy atom. The molecule has 0 unspecified atom stereocenters. The number of nitrogens with zero attached hydrogens (tertiary/aromatic N) is 2. The minimum Gasteiger partial charge on any atom is -0.493 e. The summed E-state index contributed by atoms with van der Waals surface area (Å²) in [5.74, 6) is 2.05. The van der Waals surface area contributed by atoms with Gasteiger partial charge in [-0.05, 0) is 30.2 Å². The molecule has 0 radical (unpaired) electrons. The monoisotopic (exact) mass is 259 g/mol. The lowest BCUT2D eigenvalue weighted by Crippen LogP contribution is -2.04. The molecule has 19 heavy (non-hydrogen) atoms. The van der Waals surface area contributed by atoms with Crippen LogP contribution in [0.3, 0.4) is 0 Å². The first-order valence-corrected chi connectivity index (χ1v) is 5.96. The highest BCUT2D eigenvalue weighted by Gasteiger charge is 2.04. The Kier molecular flexibility index (Phi) is 4.18. The first kappa shape index (κ1) is 13.1. The number of hydrogen-bond donors (Lipinski definition) is 1. The zero-order valence-electron chi connectivity index (χ0n) is 11.3. The summed E-state index contributed by atoms with van der Waals surface area (Å²) >= 11 is 0. The van der Waals surface area contributed by atoms with Crippen LogP contribution in [0.25, 0.3) is 0 Å². The van der Waals surface area contributed by atoms with Crippen molar-refractivity contribution in [1.29, 1.82) is 0 Å². The first-order valence-electron chi connectivity index (χ1n) is 5.96. The predicted molar refractivity (Wildman–Crippen MR) is 73.6 cm³/mol. The molecule has 0 bridgehead atoms. The van der Waals surface area contributed by atoms with Crippen molar-refractivity contribution in [3.8, 4) is 11.5 Å². The molecular formula is C14H17N3O2. The van der Waals surface area contributed by atoms with E-state index in [1.165, 1.54) is 0 Å². The summed E-state index contributed by atoms with van der Waals surface area (Å²) in [7, 11) is 3.24. The molecule has 1 aromatic heterocycles. The summed E-state index contributed by atoms with van der Waals surface area (Å²) in [6.07, 6.45) is 3.56. The summed E-state index contributed by atoms with van der Waals surface area (Å²) in [4.78, 5) is 8.38. The van der Waals surface area contributed by atoms with Gasteiger partial charge in [0.05, 0.1) is 14.2 Å². The third kappa shape index (κ3) is 3.34. The second kappa shape index (κ2) is 6.04. The van der Waals surface area contributed by atoms with Crippen molar-refractivity contribution in [1.82, 2.24) is 9.97 Å². The topological polar surface area (TPSA) is 56.3 Å². The molecule has 0 atom stereocenters. The molecule has 1 N–H and O–H groups in total. The zero-order chi connectivity index (χ0) is 13.7. The summed E-state index contributed by atoms with van der Waals surface area (Å²) < 4.78 is 10.5. The lowest BCUT2D eigenvalue weighted by Gasteiger charge is -2.10. The number of aryl methyl sites for hydroxylation is 1. The number of nitrogens with one attached hydrogen (secondary N) is 1. The standard InChI is InChI=1S/C14H17N3O2/c1-10-7-15-14(16-8-10)17-9-11-4-5-12(18-2)13(6-11)19-3/h4-8H,9H2,1-3H3,(H,15,16,17). The lowest BCUT2D eigenvalue weighted by atomic mass is 10.2. The van der Waals surface area contributed by atoms with Gasteiger partial charge in [0, 0.05) is 18.9 Å². The second-order valence-electron chi connectivity index (χ2n) is 4.13. The van der Waals surface area contributed by atoms with Crippen LogP contribution in [0, 0.1) is 6.92 Å². The Balaban J connectivity index is 2.05. The van der Waals surface area contributed by atoms with Crippen molar-refractivity contribution in [3.63, 3.8) is 0 Å². The van der Waals surface area contributed by atoms with Crippen LogP contribution in [0.2, 0.25) is 0 Å². The number of aromatic nitrogens is 2. The van der Waals surface area contributed by atoms with Gasteiger partial charge >= 0.3 is 0 Å². The maximum Gasteiger partial charge on any atom is 0.222 e. The molecule has 0 fully saturated rings. The van der Waals surface area contributed by atoms with E-state index >= 15 is 0 Å². The molecule has 0 amide bonds. The van der Waals surface area contributed by atoms with Gasteiger partial charge in [-0.25, -0.2) is 9.97 Å². The van der Waals surface area contributed by atoms with E-state index in [0.717, 1.165) is 16.9 Å². The quantitative estimate of drug-likeness (QED) is 0.893. The molecule has 0 spiro atoms. The molecule has 0 aliphatic heterocycles. The molecule has 5 heteroatoms. The maximum atomic E-state index is 5.26. The normalized spacial score (nSPS) is 10.1. The Bertz CT molecular complexity index is 541. The SMILES string of the molecule is COc1ccc(CNc2ncc(C)cn2)cc1OC. The van der Waals surface area contributed by atoms with Gasteiger partial charge in [-0.3, -0.25) is 0 Å². The second-order valence-corrected chi connectivity index (χ2v) is 4.13. The fraction of sp³-hybridized carbons (Fsp3) is 0.286. The van der Waals surface area contributed by atoms with Gasteiger partial charge in [-0.15, -0.1) is 0 Å². The molecule has 0 aliphatic rings. The fourth-order valence-electron chi connectivity index (χ4n) is 1.66. The molecule has 2 aromatic rings. The Labute approximate surface area is 112 Å². The summed E-state index contributed by atoms with van der Waals surface area (Å²) in [6, 6.07) is 5.79. The van der Waals surface area contributed by atoms with Crippen LogP contribution in [-0.4, -0.2) is 24.2 Å². The predicted octanol–water partition coefficient (Wildman–Crippen LogP) is 2.41. The van der Waals surface area contributed by atoms with E-state index in [4.69, 9.17) is 9.47 Å². The van der Waals surface area contributed by atoms with E-state index in [9.17, 15) is 0 Å². The van der Waals surface area contributed by atoms with Gasteiger partial charge in [0.1, 0.15) is 0 Å². The Hall–Kier alpha value is -2.30. The highest BCUT2D eigenvalue weighted by molar-refractivity contribution is 5.43. The average molecular weight is 259 g/mol. The Morgan fingerprint density at radius 1 is 1.05 bits per heavy atom. The van der Waals surface area contributed by atoms with E-state index in [0.29, 0.717) is 18.2 Å². The van der Waals surface area contributed by atoms with Crippen LogP contribution in [0.5, 0.6) is 11.5 Å².